The SMILES string of the molecule is CCNC(=NCc1ccc(NC(=O)c2ccco2)cc1)NCCSC. The van der Waals surface area contributed by atoms with Crippen molar-refractivity contribution in [2.75, 3.05) is 30.4 Å². The second kappa shape index (κ2) is 10.5. The zero-order chi connectivity index (χ0) is 17.9. The van der Waals surface area contributed by atoms with Gasteiger partial charge in [0.25, 0.3) is 5.91 Å². The van der Waals surface area contributed by atoms with Crippen LogP contribution in [0.4, 0.5) is 5.69 Å². The van der Waals surface area contributed by atoms with Crippen LogP contribution in [0.3, 0.4) is 0 Å². The molecule has 6 nitrogen and oxygen atoms in total. The van der Waals surface area contributed by atoms with Crippen LogP contribution in [0.2, 0.25) is 0 Å². The van der Waals surface area contributed by atoms with Gasteiger partial charge in [0.1, 0.15) is 0 Å². The summed E-state index contributed by atoms with van der Waals surface area (Å²) in [5.41, 5.74) is 1.79. The third kappa shape index (κ3) is 6.54. The monoisotopic (exact) mass is 360 g/mol. The fourth-order valence-corrected chi connectivity index (χ4v) is 2.38. The fourth-order valence-electron chi connectivity index (χ4n) is 2.08. The number of nitrogens with zero attached hydrogens (tertiary/aromatic N) is 1. The van der Waals surface area contributed by atoms with E-state index < -0.39 is 0 Å². The lowest BCUT2D eigenvalue weighted by Gasteiger charge is -2.10. The molecule has 25 heavy (non-hydrogen) atoms. The maximum Gasteiger partial charge on any atom is 0.291 e. The predicted octanol–water partition coefficient (Wildman–Crippen LogP) is 2.95. The number of hydrogen-bond donors (Lipinski definition) is 3. The minimum atomic E-state index is -0.261. The maximum absolute atomic E-state index is 11.9. The smallest absolute Gasteiger partial charge is 0.291 e. The average Bonchev–Trinajstić information content (AvgIpc) is 3.16. The van der Waals surface area contributed by atoms with Crippen LogP contribution in [0.25, 0.3) is 0 Å². The van der Waals surface area contributed by atoms with Gasteiger partial charge in [-0.2, -0.15) is 11.8 Å². The number of rotatable bonds is 8. The van der Waals surface area contributed by atoms with Crippen molar-refractivity contribution < 1.29 is 9.21 Å². The summed E-state index contributed by atoms with van der Waals surface area (Å²) in [6.45, 7) is 4.32. The number of guanidine groups is 1. The number of amides is 1. The zero-order valence-corrected chi connectivity index (χ0v) is 15.4. The normalized spacial score (nSPS) is 11.2. The van der Waals surface area contributed by atoms with Crippen LogP contribution < -0.4 is 16.0 Å². The van der Waals surface area contributed by atoms with Gasteiger partial charge in [0.15, 0.2) is 11.7 Å². The number of furan rings is 1. The lowest BCUT2D eigenvalue weighted by molar-refractivity contribution is 0.0996. The van der Waals surface area contributed by atoms with Gasteiger partial charge in [-0.25, -0.2) is 4.99 Å². The third-order valence-corrected chi connectivity index (χ3v) is 3.93. The van der Waals surface area contributed by atoms with Gasteiger partial charge >= 0.3 is 0 Å². The van der Waals surface area contributed by atoms with Gasteiger partial charge in [-0.1, -0.05) is 12.1 Å². The van der Waals surface area contributed by atoms with Gasteiger partial charge in [-0.05, 0) is 43.0 Å². The molecule has 1 aromatic heterocycles. The molecule has 0 bridgehead atoms. The van der Waals surface area contributed by atoms with Crippen LogP contribution in [0, 0.1) is 0 Å². The van der Waals surface area contributed by atoms with Crippen molar-refractivity contribution in [3.8, 4) is 0 Å². The highest BCUT2D eigenvalue weighted by Crippen LogP contribution is 2.12. The molecule has 0 saturated carbocycles. The van der Waals surface area contributed by atoms with E-state index in [4.69, 9.17) is 4.42 Å². The summed E-state index contributed by atoms with van der Waals surface area (Å²) in [7, 11) is 0. The second-order valence-corrected chi connectivity index (χ2v) is 6.23. The highest BCUT2D eigenvalue weighted by Gasteiger charge is 2.08. The van der Waals surface area contributed by atoms with Crippen molar-refractivity contribution in [3.05, 3.63) is 54.0 Å². The Morgan fingerprint density at radius 3 is 2.64 bits per heavy atom. The first-order valence-electron chi connectivity index (χ1n) is 8.18. The third-order valence-electron chi connectivity index (χ3n) is 3.32. The molecule has 134 valence electrons. The van der Waals surface area contributed by atoms with Gasteiger partial charge in [0, 0.05) is 24.5 Å². The number of carbonyl (C=O) groups is 1. The number of hydrogen-bond acceptors (Lipinski definition) is 4. The van der Waals surface area contributed by atoms with Crippen molar-refractivity contribution in [2.24, 2.45) is 4.99 Å². The van der Waals surface area contributed by atoms with E-state index in [-0.39, 0.29) is 5.91 Å². The lowest BCUT2D eigenvalue weighted by Crippen LogP contribution is -2.38. The number of thioether (sulfide) groups is 1. The minimum Gasteiger partial charge on any atom is -0.459 e. The first-order chi connectivity index (χ1) is 12.2. The number of anilines is 1. The van der Waals surface area contributed by atoms with Gasteiger partial charge in [-0.15, -0.1) is 0 Å². The van der Waals surface area contributed by atoms with Crippen LogP contribution in [-0.2, 0) is 6.54 Å². The molecule has 0 aliphatic rings. The Labute approximate surface area is 152 Å². The average molecular weight is 360 g/mol. The van der Waals surface area contributed by atoms with E-state index in [1.807, 2.05) is 31.2 Å². The quantitative estimate of drug-likeness (QED) is 0.383. The van der Waals surface area contributed by atoms with E-state index in [1.54, 1.807) is 23.9 Å². The van der Waals surface area contributed by atoms with E-state index in [1.165, 1.54) is 6.26 Å². The Bertz CT molecular complexity index is 669. The van der Waals surface area contributed by atoms with Crippen LogP contribution in [-0.4, -0.2) is 37.0 Å². The fraction of sp³-hybridized carbons (Fsp3) is 0.333. The molecule has 1 amide bonds. The standard InChI is InChI=1S/C18H24N4O2S/c1-3-19-18(20-10-12-25-2)21-13-14-6-8-15(9-7-14)22-17(23)16-5-4-11-24-16/h4-9,11H,3,10,12-13H2,1-2H3,(H,22,23)(H2,19,20,21). The molecule has 0 spiro atoms. The molecule has 2 rings (SSSR count). The van der Waals surface area contributed by atoms with Crippen molar-refractivity contribution in [1.82, 2.24) is 10.6 Å². The molecule has 0 radical (unpaired) electrons. The van der Waals surface area contributed by atoms with Gasteiger partial charge < -0.3 is 20.4 Å². The van der Waals surface area contributed by atoms with Crippen LogP contribution in [0.15, 0.2) is 52.1 Å². The Morgan fingerprint density at radius 2 is 2.00 bits per heavy atom. The molecule has 0 aliphatic heterocycles. The first-order valence-corrected chi connectivity index (χ1v) is 9.57. The molecule has 0 atom stereocenters. The molecule has 0 saturated heterocycles. The largest absolute Gasteiger partial charge is 0.459 e. The molecular weight excluding hydrogens is 336 g/mol. The van der Waals surface area contributed by atoms with Crippen molar-refractivity contribution in [1.29, 1.82) is 0 Å². The van der Waals surface area contributed by atoms with Crippen LogP contribution >= 0.6 is 11.8 Å². The van der Waals surface area contributed by atoms with E-state index in [2.05, 4.69) is 27.2 Å². The Kier molecular flexibility index (Phi) is 7.91. The van der Waals surface area contributed by atoms with Crippen molar-refractivity contribution in [2.45, 2.75) is 13.5 Å². The van der Waals surface area contributed by atoms with E-state index in [0.717, 1.165) is 36.1 Å². The molecule has 2 aromatic rings. The zero-order valence-electron chi connectivity index (χ0n) is 14.5. The second-order valence-electron chi connectivity index (χ2n) is 5.24. The summed E-state index contributed by atoms with van der Waals surface area (Å²) in [6, 6.07) is 10.9. The van der Waals surface area contributed by atoms with E-state index >= 15 is 0 Å². The Hall–Kier alpha value is -2.41. The van der Waals surface area contributed by atoms with Gasteiger partial charge in [-0.3, -0.25) is 4.79 Å². The molecular formula is C18H24N4O2S. The molecule has 1 heterocycles. The van der Waals surface area contributed by atoms with Crippen molar-refractivity contribution in [3.63, 3.8) is 0 Å². The number of aliphatic imine (C=N–C) groups is 1. The lowest BCUT2D eigenvalue weighted by atomic mass is 10.2. The van der Waals surface area contributed by atoms with E-state index in [9.17, 15) is 4.79 Å². The number of benzene rings is 1. The van der Waals surface area contributed by atoms with Gasteiger partial charge in [0.05, 0.1) is 12.8 Å². The highest BCUT2D eigenvalue weighted by molar-refractivity contribution is 7.98. The molecule has 0 unspecified atom stereocenters. The number of nitrogens with one attached hydrogen (secondary N) is 3. The van der Waals surface area contributed by atoms with Gasteiger partial charge in [0.2, 0.25) is 0 Å². The Balaban J connectivity index is 1.89. The summed E-state index contributed by atoms with van der Waals surface area (Å²) < 4.78 is 5.07. The number of carbonyl (C=O) groups excluding carboxylic acids is 1. The molecule has 1 aromatic carbocycles. The molecule has 7 heteroatoms. The van der Waals surface area contributed by atoms with Crippen LogP contribution in [0.1, 0.15) is 23.0 Å². The molecule has 0 aliphatic carbocycles. The highest BCUT2D eigenvalue weighted by atomic mass is 32.2. The summed E-state index contributed by atoms with van der Waals surface area (Å²) in [6.07, 6.45) is 3.56. The first kappa shape index (κ1) is 18.9. The summed E-state index contributed by atoms with van der Waals surface area (Å²) in [4.78, 5) is 16.5. The summed E-state index contributed by atoms with van der Waals surface area (Å²) in [5.74, 6) is 1.88. The van der Waals surface area contributed by atoms with E-state index in [0.29, 0.717) is 12.3 Å². The maximum atomic E-state index is 11.9. The molecule has 0 fully saturated rings. The molecule has 3 N–H and O–H groups in total. The Morgan fingerprint density at radius 1 is 1.20 bits per heavy atom. The minimum absolute atomic E-state index is 0.261. The van der Waals surface area contributed by atoms with Crippen molar-refractivity contribution >= 4 is 29.3 Å². The van der Waals surface area contributed by atoms with Crippen LogP contribution in [0.5, 0.6) is 0 Å². The topological polar surface area (TPSA) is 78.7 Å². The summed E-state index contributed by atoms with van der Waals surface area (Å²) >= 11 is 1.80. The predicted molar refractivity (Wildman–Crippen MR) is 104 cm³/mol. The summed E-state index contributed by atoms with van der Waals surface area (Å²) in [5, 5.41) is 9.32.